The van der Waals surface area contributed by atoms with Gasteiger partial charge in [0.05, 0.1) is 12.7 Å². The van der Waals surface area contributed by atoms with Crippen LogP contribution in [0.25, 0.3) is 0 Å². The summed E-state index contributed by atoms with van der Waals surface area (Å²) >= 11 is 5.70. The van der Waals surface area contributed by atoms with Crippen molar-refractivity contribution in [2.45, 2.75) is 12.7 Å². The summed E-state index contributed by atoms with van der Waals surface area (Å²) < 4.78 is 42.2. The largest absolute Gasteiger partial charge is 0.496 e. The highest BCUT2D eigenvalue weighted by molar-refractivity contribution is 6.31. The van der Waals surface area contributed by atoms with Crippen molar-refractivity contribution in [1.82, 2.24) is 0 Å². The number of halogens is 4. The number of nitrogens with two attached hydrogens (primary N) is 1. The van der Waals surface area contributed by atoms with E-state index in [1.54, 1.807) is 0 Å². The molecule has 15 heavy (non-hydrogen) atoms. The lowest BCUT2D eigenvalue weighted by molar-refractivity contribution is -0.138. The van der Waals surface area contributed by atoms with Crippen molar-refractivity contribution >= 4 is 11.6 Å². The van der Waals surface area contributed by atoms with Crippen LogP contribution in [0.4, 0.5) is 13.2 Å². The molecule has 0 aliphatic rings. The lowest BCUT2D eigenvalue weighted by Gasteiger charge is -2.14. The Labute approximate surface area is 89.8 Å². The molecule has 0 aliphatic heterocycles. The molecule has 0 fully saturated rings. The minimum absolute atomic E-state index is 0.0497. The van der Waals surface area contributed by atoms with Gasteiger partial charge in [-0.15, -0.1) is 0 Å². The standard InChI is InChI=1S/C9H9ClF3NO/c1-15-8-3-7(10)5(4-14)2-6(8)9(11,12)13/h2-3H,4,14H2,1H3. The predicted molar refractivity (Wildman–Crippen MR) is 50.9 cm³/mol. The summed E-state index contributed by atoms with van der Waals surface area (Å²) in [6.07, 6.45) is -4.47. The minimum Gasteiger partial charge on any atom is -0.496 e. The van der Waals surface area contributed by atoms with Crippen molar-refractivity contribution < 1.29 is 17.9 Å². The zero-order chi connectivity index (χ0) is 11.6. The van der Waals surface area contributed by atoms with E-state index in [2.05, 4.69) is 4.74 Å². The lowest BCUT2D eigenvalue weighted by atomic mass is 10.1. The van der Waals surface area contributed by atoms with Gasteiger partial charge in [-0.25, -0.2) is 0 Å². The Bertz CT molecular complexity index is 365. The summed E-state index contributed by atoms with van der Waals surface area (Å²) in [4.78, 5) is 0. The van der Waals surface area contributed by atoms with Gasteiger partial charge in [0.1, 0.15) is 5.75 Å². The molecule has 84 valence electrons. The number of alkyl halides is 3. The average molecular weight is 240 g/mol. The first-order valence-corrected chi connectivity index (χ1v) is 4.41. The van der Waals surface area contributed by atoms with Crippen LogP contribution in [0.2, 0.25) is 5.02 Å². The van der Waals surface area contributed by atoms with Gasteiger partial charge in [0.15, 0.2) is 0 Å². The van der Waals surface area contributed by atoms with Crippen molar-refractivity contribution in [3.8, 4) is 5.75 Å². The molecular formula is C9H9ClF3NO. The number of rotatable bonds is 2. The number of benzene rings is 1. The number of hydrogen-bond acceptors (Lipinski definition) is 2. The molecule has 0 radical (unpaired) electrons. The quantitative estimate of drug-likeness (QED) is 0.861. The Morgan fingerprint density at radius 1 is 1.40 bits per heavy atom. The van der Waals surface area contributed by atoms with E-state index in [-0.39, 0.29) is 22.9 Å². The highest BCUT2D eigenvalue weighted by Gasteiger charge is 2.35. The van der Waals surface area contributed by atoms with Crippen LogP contribution in [0.3, 0.4) is 0 Å². The highest BCUT2D eigenvalue weighted by Crippen LogP contribution is 2.38. The first-order chi connectivity index (χ1) is 6.90. The topological polar surface area (TPSA) is 35.2 Å². The third-order valence-corrected chi connectivity index (χ3v) is 2.25. The second-order valence-corrected chi connectivity index (χ2v) is 3.25. The van der Waals surface area contributed by atoms with Gasteiger partial charge in [-0.2, -0.15) is 13.2 Å². The van der Waals surface area contributed by atoms with Gasteiger partial charge in [0.2, 0.25) is 0 Å². The molecular weight excluding hydrogens is 231 g/mol. The molecule has 0 heterocycles. The molecule has 1 aromatic rings. The summed E-state index contributed by atoms with van der Waals surface area (Å²) in [6, 6.07) is 2.02. The van der Waals surface area contributed by atoms with E-state index in [1.165, 1.54) is 0 Å². The Kier molecular flexibility index (Phi) is 3.46. The van der Waals surface area contributed by atoms with Crippen LogP contribution < -0.4 is 10.5 Å². The van der Waals surface area contributed by atoms with Crippen LogP contribution in [0.5, 0.6) is 5.75 Å². The molecule has 0 amide bonds. The molecule has 0 saturated heterocycles. The Morgan fingerprint density at radius 2 is 2.00 bits per heavy atom. The zero-order valence-corrected chi connectivity index (χ0v) is 8.62. The van der Waals surface area contributed by atoms with Crippen LogP contribution in [0, 0.1) is 0 Å². The highest BCUT2D eigenvalue weighted by atomic mass is 35.5. The smallest absolute Gasteiger partial charge is 0.419 e. The van der Waals surface area contributed by atoms with Crippen LogP contribution >= 0.6 is 11.6 Å². The summed E-state index contributed by atoms with van der Waals surface area (Å²) in [6.45, 7) is -0.0497. The first kappa shape index (κ1) is 12.1. The summed E-state index contributed by atoms with van der Waals surface area (Å²) in [7, 11) is 1.16. The van der Waals surface area contributed by atoms with Gasteiger partial charge in [0.25, 0.3) is 0 Å². The summed E-state index contributed by atoms with van der Waals surface area (Å²) in [5.41, 5.74) is 4.64. The zero-order valence-electron chi connectivity index (χ0n) is 7.86. The number of hydrogen-bond donors (Lipinski definition) is 1. The third-order valence-electron chi connectivity index (χ3n) is 1.89. The number of ether oxygens (including phenoxy) is 1. The molecule has 0 saturated carbocycles. The fourth-order valence-electron chi connectivity index (χ4n) is 1.15. The lowest BCUT2D eigenvalue weighted by Crippen LogP contribution is -2.09. The summed E-state index contributed by atoms with van der Waals surface area (Å²) in [5, 5.41) is 0.169. The second-order valence-electron chi connectivity index (χ2n) is 2.85. The van der Waals surface area contributed by atoms with Crippen LogP contribution in [-0.4, -0.2) is 7.11 Å². The second kappa shape index (κ2) is 4.28. The van der Waals surface area contributed by atoms with Crippen molar-refractivity contribution in [3.05, 3.63) is 28.3 Å². The van der Waals surface area contributed by atoms with E-state index >= 15 is 0 Å². The molecule has 0 unspecified atom stereocenters. The van der Waals surface area contributed by atoms with Crippen molar-refractivity contribution in [2.24, 2.45) is 5.73 Å². The normalized spacial score (nSPS) is 11.6. The molecule has 2 nitrogen and oxygen atoms in total. The SMILES string of the molecule is COc1cc(Cl)c(CN)cc1C(F)(F)F. The van der Waals surface area contributed by atoms with Crippen LogP contribution in [-0.2, 0) is 12.7 Å². The van der Waals surface area contributed by atoms with Crippen LogP contribution in [0.1, 0.15) is 11.1 Å². The maximum absolute atomic E-state index is 12.5. The fourth-order valence-corrected chi connectivity index (χ4v) is 1.38. The minimum atomic E-state index is -4.47. The van der Waals surface area contributed by atoms with E-state index in [9.17, 15) is 13.2 Å². The van der Waals surface area contributed by atoms with E-state index in [1.807, 2.05) is 0 Å². The Balaban J connectivity index is 3.36. The van der Waals surface area contributed by atoms with E-state index < -0.39 is 11.7 Å². The maximum atomic E-state index is 12.5. The molecule has 0 aliphatic carbocycles. The fraction of sp³-hybridized carbons (Fsp3) is 0.333. The maximum Gasteiger partial charge on any atom is 0.419 e. The van der Waals surface area contributed by atoms with E-state index in [0.29, 0.717) is 0 Å². The monoisotopic (exact) mass is 239 g/mol. The molecule has 0 aromatic heterocycles. The molecule has 0 spiro atoms. The third kappa shape index (κ3) is 2.54. The van der Waals surface area contributed by atoms with Gasteiger partial charge in [-0.3, -0.25) is 0 Å². The number of methoxy groups -OCH3 is 1. The Hall–Kier alpha value is -0.940. The molecule has 0 bridgehead atoms. The van der Waals surface area contributed by atoms with Crippen LogP contribution in [0.15, 0.2) is 12.1 Å². The predicted octanol–water partition coefficient (Wildman–Crippen LogP) is 2.83. The van der Waals surface area contributed by atoms with E-state index in [4.69, 9.17) is 17.3 Å². The van der Waals surface area contributed by atoms with Gasteiger partial charge in [-0.1, -0.05) is 11.6 Å². The molecule has 1 aromatic carbocycles. The molecule has 6 heteroatoms. The molecule has 2 N–H and O–H groups in total. The van der Waals surface area contributed by atoms with Gasteiger partial charge in [-0.05, 0) is 17.7 Å². The average Bonchev–Trinajstić information content (AvgIpc) is 2.15. The van der Waals surface area contributed by atoms with Crippen molar-refractivity contribution in [1.29, 1.82) is 0 Å². The first-order valence-electron chi connectivity index (χ1n) is 4.03. The van der Waals surface area contributed by atoms with Gasteiger partial charge < -0.3 is 10.5 Å². The van der Waals surface area contributed by atoms with Crippen molar-refractivity contribution in [2.75, 3.05) is 7.11 Å². The van der Waals surface area contributed by atoms with Crippen molar-refractivity contribution in [3.63, 3.8) is 0 Å². The van der Waals surface area contributed by atoms with Gasteiger partial charge >= 0.3 is 6.18 Å². The molecule has 1 rings (SSSR count). The van der Waals surface area contributed by atoms with E-state index in [0.717, 1.165) is 19.2 Å². The van der Waals surface area contributed by atoms with Gasteiger partial charge in [0, 0.05) is 11.6 Å². The molecule has 0 atom stereocenters. The summed E-state index contributed by atoms with van der Waals surface area (Å²) in [5.74, 6) is -0.301. The Morgan fingerprint density at radius 3 is 2.40 bits per heavy atom.